The minimum Gasteiger partial charge on any atom is -0.345 e. The Morgan fingerprint density at radius 3 is 2.78 bits per heavy atom. The molecule has 2 aromatic carbocycles. The minimum atomic E-state index is -3.77. The van der Waals surface area contributed by atoms with Gasteiger partial charge in [0.2, 0.25) is 10.0 Å². The van der Waals surface area contributed by atoms with Crippen LogP contribution in [0.1, 0.15) is 46.1 Å². The minimum absolute atomic E-state index is 0.000383. The number of hydrogen-bond acceptors (Lipinski definition) is 4. The molecule has 0 fully saturated rings. The van der Waals surface area contributed by atoms with Gasteiger partial charge in [-0.25, -0.2) is 8.42 Å². The molecule has 1 aliphatic rings. The number of fused-ring (bicyclic) bond motifs is 1. The number of hydrogen-bond donors (Lipinski definition) is 2. The average Bonchev–Trinajstić information content (AvgIpc) is 3.22. The molecule has 0 bridgehead atoms. The fraction of sp³-hybridized carbons (Fsp3) is 0.250. The van der Waals surface area contributed by atoms with Crippen LogP contribution in [0.5, 0.6) is 0 Å². The lowest BCUT2D eigenvalue weighted by molar-refractivity contribution is 0.0932. The van der Waals surface area contributed by atoms with Crippen molar-refractivity contribution in [3.8, 4) is 12.3 Å². The van der Waals surface area contributed by atoms with Crippen LogP contribution in [-0.4, -0.2) is 30.7 Å². The Morgan fingerprint density at radius 2 is 2.00 bits per heavy atom. The molecule has 4 rings (SSSR count). The molecule has 8 heteroatoms. The number of terminal acetylenes is 1. The van der Waals surface area contributed by atoms with Gasteiger partial charge in [0.25, 0.3) is 5.91 Å². The Balaban J connectivity index is 1.51. The Hall–Kier alpha value is -3.41. The Labute approximate surface area is 187 Å². The molecule has 0 saturated heterocycles. The summed E-state index contributed by atoms with van der Waals surface area (Å²) in [5.41, 5.74) is 3.58. The zero-order valence-electron chi connectivity index (χ0n) is 17.5. The molecule has 1 atom stereocenters. The van der Waals surface area contributed by atoms with E-state index < -0.39 is 10.0 Å². The summed E-state index contributed by atoms with van der Waals surface area (Å²) < 4.78 is 28.9. The maximum atomic E-state index is 12.9. The molecular weight excluding hydrogens is 424 g/mol. The molecule has 0 saturated carbocycles. The van der Waals surface area contributed by atoms with Crippen molar-refractivity contribution in [2.24, 2.45) is 0 Å². The normalized spacial score (nSPS) is 15.5. The van der Waals surface area contributed by atoms with Crippen molar-refractivity contribution >= 4 is 15.9 Å². The van der Waals surface area contributed by atoms with Crippen LogP contribution < -0.4 is 10.0 Å². The fourth-order valence-electron chi connectivity index (χ4n) is 3.93. The van der Waals surface area contributed by atoms with Gasteiger partial charge in [0.1, 0.15) is 0 Å². The van der Waals surface area contributed by atoms with Crippen molar-refractivity contribution in [1.82, 2.24) is 19.8 Å². The standard InChI is InChI=1S/C24H24N4O3S/c1-2-14-26-32(30,31)20-11-6-10-19(15-20)24(29)27-22-12-7-13-23-21(22)16-25-28(23)17-18-8-4-3-5-9-18/h1,3-6,8-11,15-16,22,26H,7,12-14,17H2,(H,27,29). The van der Waals surface area contributed by atoms with E-state index in [2.05, 4.69) is 33.2 Å². The van der Waals surface area contributed by atoms with Gasteiger partial charge in [-0.15, -0.1) is 6.42 Å². The summed E-state index contributed by atoms with van der Waals surface area (Å²) in [6.07, 6.45) is 9.60. The second-order valence-electron chi connectivity index (χ2n) is 7.66. The highest BCUT2D eigenvalue weighted by molar-refractivity contribution is 7.89. The first-order valence-corrected chi connectivity index (χ1v) is 11.9. The lowest BCUT2D eigenvalue weighted by atomic mass is 9.92. The monoisotopic (exact) mass is 448 g/mol. The van der Waals surface area contributed by atoms with E-state index in [1.54, 1.807) is 12.1 Å². The zero-order chi connectivity index (χ0) is 22.6. The van der Waals surface area contributed by atoms with E-state index in [0.29, 0.717) is 6.54 Å². The van der Waals surface area contributed by atoms with Gasteiger partial charge in [-0.05, 0) is 43.0 Å². The molecule has 1 unspecified atom stereocenters. The van der Waals surface area contributed by atoms with Crippen LogP contribution in [0.4, 0.5) is 0 Å². The van der Waals surface area contributed by atoms with Crippen molar-refractivity contribution in [2.75, 3.05) is 6.54 Å². The molecule has 7 nitrogen and oxygen atoms in total. The number of sulfonamides is 1. The van der Waals surface area contributed by atoms with E-state index in [1.165, 1.54) is 17.7 Å². The van der Waals surface area contributed by atoms with E-state index in [-0.39, 0.29) is 29.0 Å². The Kier molecular flexibility index (Phi) is 6.40. The number of nitrogens with one attached hydrogen (secondary N) is 2. The molecule has 0 spiro atoms. The van der Waals surface area contributed by atoms with Gasteiger partial charge < -0.3 is 5.32 Å². The van der Waals surface area contributed by atoms with Crippen LogP contribution in [0.2, 0.25) is 0 Å². The summed E-state index contributed by atoms with van der Waals surface area (Å²) in [6, 6.07) is 15.9. The van der Waals surface area contributed by atoms with Gasteiger partial charge >= 0.3 is 0 Å². The third kappa shape index (κ3) is 4.74. The quantitative estimate of drug-likeness (QED) is 0.544. The molecule has 1 aromatic heterocycles. The second-order valence-corrected chi connectivity index (χ2v) is 9.43. The molecule has 164 valence electrons. The SMILES string of the molecule is C#CCNS(=O)(=O)c1cccc(C(=O)NC2CCCc3c2cnn3Cc2ccccc2)c1. The van der Waals surface area contributed by atoms with Crippen LogP contribution in [0, 0.1) is 12.3 Å². The van der Waals surface area contributed by atoms with E-state index in [9.17, 15) is 13.2 Å². The fourth-order valence-corrected chi connectivity index (χ4v) is 4.91. The summed E-state index contributed by atoms with van der Waals surface area (Å²) in [5.74, 6) is 1.91. The maximum absolute atomic E-state index is 12.9. The first-order valence-electron chi connectivity index (χ1n) is 10.4. The molecule has 0 radical (unpaired) electrons. The topological polar surface area (TPSA) is 93.1 Å². The average molecular weight is 449 g/mol. The highest BCUT2D eigenvalue weighted by atomic mass is 32.2. The Morgan fingerprint density at radius 1 is 1.19 bits per heavy atom. The van der Waals surface area contributed by atoms with Gasteiger partial charge in [-0.1, -0.05) is 42.3 Å². The largest absolute Gasteiger partial charge is 0.345 e. The molecule has 1 heterocycles. The maximum Gasteiger partial charge on any atom is 0.251 e. The number of rotatable bonds is 7. The number of amides is 1. The van der Waals surface area contributed by atoms with Crippen molar-refractivity contribution in [2.45, 2.75) is 36.7 Å². The van der Waals surface area contributed by atoms with E-state index >= 15 is 0 Å². The number of carbonyl (C=O) groups is 1. The first kappa shape index (κ1) is 21.8. The van der Waals surface area contributed by atoms with E-state index in [0.717, 1.165) is 30.5 Å². The van der Waals surface area contributed by atoms with Gasteiger partial charge in [-0.2, -0.15) is 9.82 Å². The molecule has 1 amide bonds. The number of aromatic nitrogens is 2. The van der Waals surface area contributed by atoms with Crippen LogP contribution >= 0.6 is 0 Å². The van der Waals surface area contributed by atoms with Gasteiger partial charge in [-0.3, -0.25) is 9.48 Å². The first-order chi connectivity index (χ1) is 15.5. The summed E-state index contributed by atoms with van der Waals surface area (Å²) in [7, 11) is -3.77. The molecule has 1 aliphatic carbocycles. The lowest BCUT2D eigenvalue weighted by Crippen LogP contribution is -2.31. The summed E-state index contributed by atoms with van der Waals surface area (Å²) in [6.45, 7) is 0.567. The van der Waals surface area contributed by atoms with Crippen molar-refractivity contribution in [3.63, 3.8) is 0 Å². The molecule has 2 N–H and O–H groups in total. The van der Waals surface area contributed by atoms with Crippen molar-refractivity contribution in [3.05, 3.63) is 83.2 Å². The van der Waals surface area contributed by atoms with Crippen LogP contribution in [0.3, 0.4) is 0 Å². The van der Waals surface area contributed by atoms with E-state index in [1.807, 2.05) is 29.1 Å². The van der Waals surface area contributed by atoms with Gasteiger partial charge in [0, 0.05) is 16.8 Å². The number of carbonyl (C=O) groups excluding carboxylic acids is 1. The molecule has 3 aromatic rings. The summed E-state index contributed by atoms with van der Waals surface area (Å²) in [5, 5.41) is 7.61. The number of nitrogens with zero attached hydrogens (tertiary/aromatic N) is 2. The summed E-state index contributed by atoms with van der Waals surface area (Å²) in [4.78, 5) is 12.9. The van der Waals surface area contributed by atoms with E-state index in [4.69, 9.17) is 6.42 Å². The van der Waals surface area contributed by atoms with Crippen molar-refractivity contribution in [1.29, 1.82) is 0 Å². The second kappa shape index (κ2) is 9.39. The smallest absolute Gasteiger partial charge is 0.251 e. The molecular formula is C24H24N4O3S. The molecule has 0 aliphatic heterocycles. The Bertz CT molecular complexity index is 1260. The summed E-state index contributed by atoms with van der Waals surface area (Å²) >= 11 is 0. The van der Waals surface area contributed by atoms with Gasteiger partial charge in [0.05, 0.1) is 30.2 Å². The van der Waals surface area contributed by atoms with Gasteiger partial charge in [0.15, 0.2) is 0 Å². The van der Waals surface area contributed by atoms with Crippen molar-refractivity contribution < 1.29 is 13.2 Å². The highest BCUT2D eigenvalue weighted by Crippen LogP contribution is 2.30. The predicted molar refractivity (Wildman–Crippen MR) is 121 cm³/mol. The third-order valence-electron chi connectivity index (χ3n) is 5.51. The third-order valence-corrected chi connectivity index (χ3v) is 6.91. The van der Waals surface area contributed by atoms with Crippen LogP contribution in [0.25, 0.3) is 0 Å². The lowest BCUT2D eigenvalue weighted by Gasteiger charge is -2.24. The van der Waals surface area contributed by atoms with Crippen LogP contribution in [0.15, 0.2) is 65.7 Å². The number of benzene rings is 2. The zero-order valence-corrected chi connectivity index (χ0v) is 18.3. The predicted octanol–water partition coefficient (Wildman–Crippen LogP) is 2.65. The molecule has 32 heavy (non-hydrogen) atoms. The highest BCUT2D eigenvalue weighted by Gasteiger charge is 2.26. The van der Waals surface area contributed by atoms with Crippen LogP contribution in [-0.2, 0) is 23.0 Å².